The summed E-state index contributed by atoms with van der Waals surface area (Å²) in [6, 6.07) is 17.5. The molecule has 1 atom stereocenters. The molecule has 0 N–H and O–H groups in total. The van der Waals surface area contributed by atoms with Crippen molar-refractivity contribution in [3.8, 4) is 5.75 Å². The Balaban J connectivity index is 1.61. The Morgan fingerprint density at radius 3 is 2.59 bits per heavy atom. The third kappa shape index (κ3) is 3.50. The quantitative estimate of drug-likeness (QED) is 0.744. The lowest BCUT2D eigenvalue weighted by Crippen LogP contribution is -2.15. The number of hydrogen-bond donors (Lipinski definition) is 0. The van der Waals surface area contributed by atoms with Crippen molar-refractivity contribution in [2.45, 2.75) is 25.2 Å². The molecule has 0 heterocycles. The van der Waals surface area contributed by atoms with Crippen LogP contribution in [0.3, 0.4) is 0 Å². The van der Waals surface area contributed by atoms with Crippen molar-refractivity contribution in [3.05, 3.63) is 65.2 Å². The minimum atomic E-state index is 0.555. The molecule has 0 radical (unpaired) electrons. The highest BCUT2D eigenvalue weighted by Crippen LogP contribution is 2.38. The predicted octanol–water partition coefficient (Wildman–Crippen LogP) is 4.10. The van der Waals surface area contributed by atoms with Crippen LogP contribution in [0.15, 0.2) is 48.5 Å². The van der Waals surface area contributed by atoms with Gasteiger partial charge in [0, 0.05) is 12.5 Å². The fourth-order valence-corrected chi connectivity index (χ4v) is 3.27. The van der Waals surface area contributed by atoms with Crippen LogP contribution in [0.25, 0.3) is 0 Å². The molecule has 0 aromatic heterocycles. The Hall–Kier alpha value is -1.80. The molecule has 1 unspecified atom stereocenters. The third-order valence-electron chi connectivity index (χ3n) is 4.43. The van der Waals surface area contributed by atoms with Gasteiger partial charge in [-0.2, -0.15) is 0 Å². The second-order valence-electron chi connectivity index (χ2n) is 6.36. The monoisotopic (exact) mass is 295 g/mol. The standard InChI is InChI=1S/C20H25NO/c1-21(2)14-5-15-22-18-11-8-17(9-12-18)20-13-10-16-6-3-4-7-19(16)20/h3-4,6-9,11-12,20H,5,10,13-15H2,1-2H3. The molecular formula is C20H25NO. The van der Waals surface area contributed by atoms with Gasteiger partial charge in [0.1, 0.15) is 5.75 Å². The van der Waals surface area contributed by atoms with Gasteiger partial charge in [-0.05, 0) is 62.2 Å². The molecule has 0 saturated heterocycles. The minimum Gasteiger partial charge on any atom is -0.494 e. The Bertz CT molecular complexity index is 603. The molecule has 0 bridgehead atoms. The lowest BCUT2D eigenvalue weighted by atomic mass is 9.93. The number of nitrogens with zero attached hydrogens (tertiary/aromatic N) is 1. The Kier molecular flexibility index (Phi) is 4.79. The molecule has 2 aromatic carbocycles. The van der Waals surface area contributed by atoms with Crippen LogP contribution in [0.4, 0.5) is 0 Å². The van der Waals surface area contributed by atoms with Crippen LogP contribution in [-0.2, 0) is 6.42 Å². The van der Waals surface area contributed by atoms with Gasteiger partial charge >= 0.3 is 0 Å². The number of rotatable bonds is 6. The summed E-state index contributed by atoms with van der Waals surface area (Å²) in [6.45, 7) is 1.85. The molecule has 22 heavy (non-hydrogen) atoms. The van der Waals surface area contributed by atoms with Crippen LogP contribution in [0.2, 0.25) is 0 Å². The minimum absolute atomic E-state index is 0.555. The predicted molar refractivity (Wildman–Crippen MR) is 91.7 cm³/mol. The molecule has 0 aliphatic heterocycles. The average molecular weight is 295 g/mol. The van der Waals surface area contributed by atoms with E-state index in [0.717, 1.165) is 25.3 Å². The molecule has 0 amide bonds. The lowest BCUT2D eigenvalue weighted by Gasteiger charge is -2.14. The van der Waals surface area contributed by atoms with E-state index in [0.29, 0.717) is 5.92 Å². The second-order valence-corrected chi connectivity index (χ2v) is 6.36. The van der Waals surface area contributed by atoms with Crippen molar-refractivity contribution in [3.63, 3.8) is 0 Å². The van der Waals surface area contributed by atoms with Crippen LogP contribution in [0.5, 0.6) is 5.75 Å². The molecular weight excluding hydrogens is 270 g/mol. The third-order valence-corrected chi connectivity index (χ3v) is 4.43. The number of hydrogen-bond acceptors (Lipinski definition) is 2. The highest BCUT2D eigenvalue weighted by molar-refractivity contribution is 5.43. The van der Waals surface area contributed by atoms with Crippen molar-refractivity contribution in [2.24, 2.45) is 0 Å². The highest BCUT2D eigenvalue weighted by Gasteiger charge is 2.23. The topological polar surface area (TPSA) is 12.5 Å². The Morgan fingerprint density at radius 2 is 1.82 bits per heavy atom. The van der Waals surface area contributed by atoms with E-state index < -0.39 is 0 Å². The first kappa shape index (κ1) is 15.1. The Labute approximate surface area is 133 Å². The van der Waals surface area contributed by atoms with E-state index in [2.05, 4.69) is 67.5 Å². The van der Waals surface area contributed by atoms with Crippen LogP contribution in [0, 0.1) is 0 Å². The maximum absolute atomic E-state index is 5.82. The molecule has 1 aliphatic carbocycles. The first-order valence-corrected chi connectivity index (χ1v) is 8.19. The van der Waals surface area contributed by atoms with E-state index >= 15 is 0 Å². The van der Waals surface area contributed by atoms with E-state index in [1.165, 1.54) is 29.5 Å². The summed E-state index contributed by atoms with van der Waals surface area (Å²) >= 11 is 0. The largest absolute Gasteiger partial charge is 0.494 e. The molecule has 0 fully saturated rings. The van der Waals surface area contributed by atoms with Crippen molar-refractivity contribution in [1.82, 2.24) is 4.90 Å². The molecule has 0 saturated carbocycles. The molecule has 0 spiro atoms. The van der Waals surface area contributed by atoms with Crippen LogP contribution >= 0.6 is 0 Å². The maximum Gasteiger partial charge on any atom is 0.119 e. The number of ether oxygens (including phenoxy) is 1. The van der Waals surface area contributed by atoms with Gasteiger partial charge in [0.25, 0.3) is 0 Å². The fraction of sp³-hybridized carbons (Fsp3) is 0.400. The summed E-state index contributed by atoms with van der Waals surface area (Å²) in [6.07, 6.45) is 3.48. The van der Waals surface area contributed by atoms with E-state index in [1.807, 2.05) is 0 Å². The second kappa shape index (κ2) is 6.97. The first-order valence-electron chi connectivity index (χ1n) is 8.19. The summed E-state index contributed by atoms with van der Waals surface area (Å²) < 4.78 is 5.82. The van der Waals surface area contributed by atoms with Gasteiger partial charge in [0.05, 0.1) is 6.61 Å². The summed E-state index contributed by atoms with van der Waals surface area (Å²) in [4.78, 5) is 2.18. The maximum atomic E-state index is 5.82. The van der Waals surface area contributed by atoms with Gasteiger partial charge in [-0.3, -0.25) is 0 Å². The zero-order valence-corrected chi connectivity index (χ0v) is 13.6. The van der Waals surface area contributed by atoms with E-state index in [4.69, 9.17) is 4.74 Å². The van der Waals surface area contributed by atoms with Gasteiger partial charge in [-0.1, -0.05) is 36.4 Å². The van der Waals surface area contributed by atoms with Gasteiger partial charge in [-0.25, -0.2) is 0 Å². The van der Waals surface area contributed by atoms with Crippen molar-refractivity contribution in [1.29, 1.82) is 0 Å². The molecule has 3 rings (SSSR count). The zero-order valence-electron chi connectivity index (χ0n) is 13.6. The van der Waals surface area contributed by atoms with Crippen LogP contribution in [0.1, 0.15) is 35.4 Å². The van der Waals surface area contributed by atoms with Gasteiger partial charge < -0.3 is 9.64 Å². The highest BCUT2D eigenvalue weighted by atomic mass is 16.5. The Morgan fingerprint density at radius 1 is 1.05 bits per heavy atom. The lowest BCUT2D eigenvalue weighted by molar-refractivity contribution is 0.281. The van der Waals surface area contributed by atoms with E-state index in [9.17, 15) is 0 Å². The van der Waals surface area contributed by atoms with Gasteiger partial charge in [0.2, 0.25) is 0 Å². The zero-order chi connectivity index (χ0) is 15.4. The van der Waals surface area contributed by atoms with Gasteiger partial charge in [0.15, 0.2) is 0 Å². The SMILES string of the molecule is CN(C)CCCOc1ccc(C2CCc3ccccc32)cc1. The van der Waals surface area contributed by atoms with Crippen molar-refractivity contribution >= 4 is 0 Å². The summed E-state index contributed by atoms with van der Waals surface area (Å²) in [5, 5.41) is 0. The van der Waals surface area contributed by atoms with E-state index in [-0.39, 0.29) is 0 Å². The van der Waals surface area contributed by atoms with Gasteiger partial charge in [-0.15, -0.1) is 0 Å². The summed E-state index contributed by atoms with van der Waals surface area (Å²) in [5.41, 5.74) is 4.42. The van der Waals surface area contributed by atoms with Crippen molar-refractivity contribution < 1.29 is 4.74 Å². The summed E-state index contributed by atoms with van der Waals surface area (Å²) in [7, 11) is 4.18. The van der Waals surface area contributed by atoms with E-state index in [1.54, 1.807) is 0 Å². The summed E-state index contributed by atoms with van der Waals surface area (Å²) in [5.74, 6) is 1.53. The number of aryl methyl sites for hydroxylation is 1. The number of benzene rings is 2. The van der Waals surface area contributed by atoms with Crippen LogP contribution < -0.4 is 4.74 Å². The molecule has 2 heteroatoms. The molecule has 2 nitrogen and oxygen atoms in total. The molecule has 1 aliphatic rings. The fourth-order valence-electron chi connectivity index (χ4n) is 3.27. The normalized spacial score (nSPS) is 16.8. The molecule has 2 aromatic rings. The first-order chi connectivity index (χ1) is 10.7. The van der Waals surface area contributed by atoms with Crippen LogP contribution in [-0.4, -0.2) is 32.1 Å². The molecule has 116 valence electrons. The van der Waals surface area contributed by atoms with Crippen molar-refractivity contribution in [2.75, 3.05) is 27.2 Å². The smallest absolute Gasteiger partial charge is 0.119 e. The number of fused-ring (bicyclic) bond motifs is 1. The average Bonchev–Trinajstić information content (AvgIpc) is 2.96.